The maximum absolute atomic E-state index is 10.7. The molecule has 4 unspecified atom stereocenters. The van der Waals surface area contributed by atoms with E-state index in [4.69, 9.17) is 18.9 Å². The molecule has 10 nitrogen and oxygen atoms in total. The van der Waals surface area contributed by atoms with Crippen molar-refractivity contribution in [1.82, 2.24) is 0 Å². The van der Waals surface area contributed by atoms with Crippen LogP contribution in [0.25, 0.3) is 0 Å². The Bertz CT molecular complexity index is 561. The lowest BCUT2D eigenvalue weighted by Gasteiger charge is -2.49. The zero-order valence-corrected chi connectivity index (χ0v) is 19.2. The predicted octanol–water partition coefficient (Wildman–Crippen LogP) is -1.09. The van der Waals surface area contributed by atoms with E-state index in [1.54, 1.807) is 0 Å². The van der Waals surface area contributed by atoms with Crippen molar-refractivity contribution in [3.63, 3.8) is 0 Å². The Hall–Kier alpha value is -0.400. The molecule has 0 aromatic carbocycles. The summed E-state index contributed by atoms with van der Waals surface area (Å²) in [5.74, 6) is 0. The van der Waals surface area contributed by atoms with Crippen molar-refractivity contribution in [3.8, 4) is 0 Å². The standard InChI is InChI=1S/C21H40O10/c1-7-21(5,6)31-17-11(9-23)29-19(15(27)13(17)25)30-16-10(8-22)28-18(20(2,3)4)14(26)12(16)24/h10-19,22-27H,7-9H2,1-6H3/t10-,11?,12?,13?,14?,15-,16+,17+,18+,19-/m0/s1. The largest absolute Gasteiger partial charge is 0.394 e. The second kappa shape index (κ2) is 10.3. The minimum Gasteiger partial charge on any atom is -0.394 e. The zero-order valence-electron chi connectivity index (χ0n) is 19.2. The van der Waals surface area contributed by atoms with Gasteiger partial charge in [-0.05, 0) is 25.7 Å². The van der Waals surface area contributed by atoms with Gasteiger partial charge in [0.1, 0.15) is 48.8 Å². The number of hydrogen-bond donors (Lipinski definition) is 6. The molecule has 6 N–H and O–H groups in total. The molecule has 2 aliphatic heterocycles. The second-order valence-electron chi connectivity index (χ2n) is 10.1. The minimum absolute atomic E-state index is 0.504. The van der Waals surface area contributed by atoms with E-state index >= 15 is 0 Å². The van der Waals surface area contributed by atoms with Crippen LogP contribution in [0.15, 0.2) is 0 Å². The lowest BCUT2D eigenvalue weighted by atomic mass is 9.80. The number of aliphatic hydroxyl groups is 6. The second-order valence-corrected chi connectivity index (χ2v) is 10.1. The summed E-state index contributed by atoms with van der Waals surface area (Å²) < 4.78 is 23.0. The van der Waals surface area contributed by atoms with E-state index in [-0.39, 0.29) is 0 Å². The van der Waals surface area contributed by atoms with E-state index in [9.17, 15) is 30.6 Å². The Kier molecular flexibility index (Phi) is 8.88. The predicted molar refractivity (Wildman–Crippen MR) is 109 cm³/mol. The molecule has 2 fully saturated rings. The van der Waals surface area contributed by atoms with Crippen molar-refractivity contribution < 1.29 is 49.6 Å². The third kappa shape index (κ3) is 5.94. The van der Waals surface area contributed by atoms with Crippen molar-refractivity contribution in [2.45, 2.75) is 115 Å². The molecule has 0 aromatic rings. The van der Waals surface area contributed by atoms with Crippen molar-refractivity contribution in [3.05, 3.63) is 0 Å². The first-order valence-corrected chi connectivity index (χ1v) is 10.9. The fourth-order valence-electron chi connectivity index (χ4n) is 3.89. The van der Waals surface area contributed by atoms with Crippen molar-refractivity contribution in [1.29, 1.82) is 0 Å². The monoisotopic (exact) mass is 452 g/mol. The molecular formula is C21H40O10. The average molecular weight is 453 g/mol. The minimum atomic E-state index is -1.57. The van der Waals surface area contributed by atoms with Gasteiger partial charge in [-0.15, -0.1) is 0 Å². The molecule has 0 amide bonds. The Balaban J connectivity index is 2.18. The van der Waals surface area contributed by atoms with Gasteiger partial charge in [0.05, 0.1) is 24.9 Å². The summed E-state index contributed by atoms with van der Waals surface area (Å²) in [6, 6.07) is 0. The number of rotatable bonds is 7. The van der Waals surface area contributed by atoms with Crippen LogP contribution in [-0.4, -0.2) is 111 Å². The van der Waals surface area contributed by atoms with Gasteiger partial charge in [0.15, 0.2) is 6.29 Å². The molecule has 0 aromatic heterocycles. The van der Waals surface area contributed by atoms with E-state index in [2.05, 4.69) is 0 Å². The maximum atomic E-state index is 10.7. The zero-order chi connectivity index (χ0) is 23.7. The summed E-state index contributed by atoms with van der Waals surface area (Å²) in [5, 5.41) is 62.0. The van der Waals surface area contributed by atoms with E-state index in [1.807, 2.05) is 41.5 Å². The van der Waals surface area contributed by atoms with Gasteiger partial charge in [0, 0.05) is 0 Å². The highest BCUT2D eigenvalue weighted by molar-refractivity contribution is 4.99. The van der Waals surface area contributed by atoms with Gasteiger partial charge in [-0.2, -0.15) is 0 Å². The molecular weight excluding hydrogens is 412 g/mol. The summed E-state index contributed by atoms with van der Waals surface area (Å²) in [6.45, 7) is 10.0. The van der Waals surface area contributed by atoms with Gasteiger partial charge < -0.3 is 49.6 Å². The third-order valence-electron chi connectivity index (χ3n) is 6.14. The highest BCUT2D eigenvalue weighted by Crippen LogP contribution is 2.36. The Morgan fingerprint density at radius 1 is 0.742 bits per heavy atom. The maximum Gasteiger partial charge on any atom is 0.187 e. The van der Waals surface area contributed by atoms with Crippen LogP contribution in [0, 0.1) is 5.41 Å². The topological polar surface area (TPSA) is 158 Å². The first-order chi connectivity index (χ1) is 14.3. The van der Waals surface area contributed by atoms with Crippen molar-refractivity contribution in [2.24, 2.45) is 5.41 Å². The van der Waals surface area contributed by atoms with Crippen LogP contribution in [0.1, 0.15) is 48.0 Å². The summed E-state index contributed by atoms with van der Waals surface area (Å²) >= 11 is 0. The van der Waals surface area contributed by atoms with Crippen LogP contribution in [0.2, 0.25) is 0 Å². The normalized spacial score (nSPS) is 42.6. The number of aliphatic hydroxyl groups excluding tert-OH is 6. The van der Waals surface area contributed by atoms with Gasteiger partial charge >= 0.3 is 0 Å². The van der Waals surface area contributed by atoms with Crippen molar-refractivity contribution >= 4 is 0 Å². The summed E-state index contributed by atoms with van der Waals surface area (Å²) in [4.78, 5) is 0. The van der Waals surface area contributed by atoms with Crippen molar-refractivity contribution in [2.75, 3.05) is 13.2 Å². The van der Waals surface area contributed by atoms with E-state index < -0.39 is 85.5 Å². The molecule has 0 aliphatic carbocycles. The van der Waals surface area contributed by atoms with Gasteiger partial charge in [0.25, 0.3) is 0 Å². The molecule has 0 bridgehead atoms. The van der Waals surface area contributed by atoms with Crippen LogP contribution in [-0.2, 0) is 18.9 Å². The highest BCUT2D eigenvalue weighted by Gasteiger charge is 2.53. The first kappa shape index (κ1) is 26.8. The average Bonchev–Trinajstić information content (AvgIpc) is 2.69. The molecule has 0 radical (unpaired) electrons. The molecule has 2 heterocycles. The Morgan fingerprint density at radius 3 is 1.74 bits per heavy atom. The molecule has 31 heavy (non-hydrogen) atoms. The number of hydrogen-bond acceptors (Lipinski definition) is 10. The molecule has 0 saturated carbocycles. The van der Waals surface area contributed by atoms with Crippen LogP contribution in [0.5, 0.6) is 0 Å². The molecule has 10 heteroatoms. The van der Waals surface area contributed by atoms with E-state index in [0.29, 0.717) is 6.42 Å². The summed E-state index contributed by atoms with van der Waals surface area (Å²) in [5.41, 5.74) is -1.15. The molecule has 184 valence electrons. The van der Waals surface area contributed by atoms with Crippen LogP contribution in [0.3, 0.4) is 0 Å². The van der Waals surface area contributed by atoms with Crippen LogP contribution >= 0.6 is 0 Å². The molecule has 2 saturated heterocycles. The fraction of sp³-hybridized carbons (Fsp3) is 1.00. The fourth-order valence-corrected chi connectivity index (χ4v) is 3.89. The first-order valence-electron chi connectivity index (χ1n) is 10.9. The SMILES string of the molecule is CCC(C)(C)O[C@@H]1C(CO)O[C@@H](O[C@H]2C(O)C(O)[C@H](C(C)(C)C)O[C@H]2CO)[C@@H](O)C1O. The smallest absolute Gasteiger partial charge is 0.187 e. The van der Waals surface area contributed by atoms with Gasteiger partial charge in [0.2, 0.25) is 0 Å². The van der Waals surface area contributed by atoms with Gasteiger partial charge in [-0.25, -0.2) is 0 Å². The number of ether oxygens (including phenoxy) is 4. The van der Waals surface area contributed by atoms with Crippen LogP contribution < -0.4 is 0 Å². The Labute approximate surface area is 183 Å². The molecule has 10 atom stereocenters. The quantitative estimate of drug-likeness (QED) is 0.280. The van der Waals surface area contributed by atoms with Gasteiger partial charge in [-0.1, -0.05) is 27.7 Å². The molecule has 2 rings (SSSR count). The van der Waals surface area contributed by atoms with E-state index in [0.717, 1.165) is 0 Å². The third-order valence-corrected chi connectivity index (χ3v) is 6.14. The summed E-state index contributed by atoms with van der Waals surface area (Å²) in [6.07, 6.45) is -11.6. The molecule has 2 aliphatic rings. The van der Waals surface area contributed by atoms with E-state index in [1.165, 1.54) is 0 Å². The summed E-state index contributed by atoms with van der Waals surface area (Å²) in [7, 11) is 0. The lowest BCUT2D eigenvalue weighted by molar-refractivity contribution is -0.354. The van der Waals surface area contributed by atoms with Gasteiger partial charge in [-0.3, -0.25) is 0 Å². The Morgan fingerprint density at radius 2 is 1.26 bits per heavy atom. The highest BCUT2D eigenvalue weighted by atomic mass is 16.7. The molecule has 0 spiro atoms. The lowest BCUT2D eigenvalue weighted by Crippen LogP contribution is -2.66. The van der Waals surface area contributed by atoms with Crippen LogP contribution in [0.4, 0.5) is 0 Å².